The number of hydrogen-bond acceptors (Lipinski definition) is 7. The van der Waals surface area contributed by atoms with E-state index >= 15 is 0 Å². The predicted molar refractivity (Wildman–Crippen MR) is 100 cm³/mol. The van der Waals surface area contributed by atoms with E-state index in [9.17, 15) is 4.79 Å². The van der Waals surface area contributed by atoms with Crippen molar-refractivity contribution in [2.24, 2.45) is 0 Å². The summed E-state index contributed by atoms with van der Waals surface area (Å²) in [5.74, 6) is 0.495. The lowest BCUT2D eigenvalue weighted by molar-refractivity contribution is 0.102. The van der Waals surface area contributed by atoms with Crippen molar-refractivity contribution in [3.8, 4) is 0 Å². The molecular weight excluding hydrogens is 336 g/mol. The van der Waals surface area contributed by atoms with E-state index < -0.39 is 0 Å². The highest BCUT2D eigenvalue weighted by Gasteiger charge is 2.08. The molecule has 0 spiro atoms. The Kier molecular flexibility index (Phi) is 5.89. The summed E-state index contributed by atoms with van der Waals surface area (Å²) >= 11 is 1.27. The van der Waals surface area contributed by atoms with E-state index in [-0.39, 0.29) is 5.91 Å². The summed E-state index contributed by atoms with van der Waals surface area (Å²) in [6.07, 6.45) is 2.50. The summed E-state index contributed by atoms with van der Waals surface area (Å²) in [6, 6.07) is 13.6. The number of hydrogen-bond donors (Lipinski definition) is 3. The Morgan fingerprint density at radius 3 is 2.60 bits per heavy atom. The molecule has 3 rings (SSSR count). The minimum absolute atomic E-state index is 0.247. The van der Waals surface area contributed by atoms with Crippen molar-refractivity contribution in [2.75, 3.05) is 29.0 Å². The van der Waals surface area contributed by atoms with E-state index in [2.05, 4.69) is 31.1 Å². The Morgan fingerprint density at radius 1 is 1.04 bits per heavy atom. The van der Waals surface area contributed by atoms with Crippen LogP contribution in [0.4, 0.5) is 16.6 Å². The van der Waals surface area contributed by atoms with Crippen molar-refractivity contribution >= 4 is 33.9 Å². The molecule has 0 aliphatic rings. The van der Waals surface area contributed by atoms with Gasteiger partial charge in [0.25, 0.3) is 5.91 Å². The normalized spacial score (nSPS) is 10.2. The van der Waals surface area contributed by atoms with Gasteiger partial charge in [0.05, 0.1) is 5.56 Å². The average Bonchev–Trinajstić information content (AvgIpc) is 3.16. The number of nitrogens with one attached hydrogen (secondary N) is 3. The molecule has 7 nitrogen and oxygen atoms in total. The lowest BCUT2D eigenvalue weighted by atomic mass is 10.2. The van der Waals surface area contributed by atoms with Gasteiger partial charge in [-0.2, -0.15) is 0 Å². The smallest absolute Gasteiger partial charge is 0.259 e. The molecule has 0 unspecified atom stereocenters. The van der Waals surface area contributed by atoms with Crippen molar-refractivity contribution < 1.29 is 4.79 Å². The number of benzene rings is 1. The number of amides is 1. The molecule has 128 valence electrons. The van der Waals surface area contributed by atoms with Crippen LogP contribution in [-0.2, 0) is 0 Å². The number of aromatic nitrogens is 3. The molecule has 1 amide bonds. The number of rotatable bonds is 8. The van der Waals surface area contributed by atoms with Crippen LogP contribution in [-0.4, -0.2) is 34.2 Å². The van der Waals surface area contributed by atoms with Gasteiger partial charge in [0.1, 0.15) is 11.3 Å². The number of carbonyl (C=O) groups is 1. The second-order valence-electron chi connectivity index (χ2n) is 5.20. The summed E-state index contributed by atoms with van der Waals surface area (Å²) in [4.78, 5) is 16.3. The highest BCUT2D eigenvalue weighted by atomic mass is 32.1. The second kappa shape index (κ2) is 8.74. The fourth-order valence-corrected chi connectivity index (χ4v) is 2.56. The van der Waals surface area contributed by atoms with Gasteiger partial charge in [-0.15, -0.1) is 10.2 Å². The van der Waals surface area contributed by atoms with Crippen LogP contribution in [0.3, 0.4) is 0 Å². The molecule has 0 radical (unpaired) electrons. The Bertz CT molecular complexity index is 777. The predicted octanol–water partition coefficient (Wildman–Crippen LogP) is 3.10. The molecule has 0 saturated carbocycles. The van der Waals surface area contributed by atoms with Gasteiger partial charge in [-0.05, 0) is 30.7 Å². The first-order valence-electron chi connectivity index (χ1n) is 7.87. The van der Waals surface area contributed by atoms with E-state index in [0.29, 0.717) is 10.7 Å². The van der Waals surface area contributed by atoms with Crippen molar-refractivity contribution in [2.45, 2.75) is 6.42 Å². The van der Waals surface area contributed by atoms with Crippen LogP contribution in [0.15, 0.2) is 54.2 Å². The molecule has 25 heavy (non-hydrogen) atoms. The molecule has 8 heteroatoms. The Balaban J connectivity index is 1.39. The van der Waals surface area contributed by atoms with Crippen molar-refractivity contribution in [3.05, 3.63) is 59.7 Å². The van der Waals surface area contributed by atoms with Crippen LogP contribution in [0.5, 0.6) is 0 Å². The topological polar surface area (TPSA) is 91.8 Å². The third kappa shape index (κ3) is 5.25. The molecule has 1 aromatic carbocycles. The Labute approximate surface area is 149 Å². The zero-order valence-electron chi connectivity index (χ0n) is 13.5. The standard InChI is InChI=1S/C17H18N6OS/c24-16(22-17-23-21-12-25-17)13-7-8-15(20-11-13)19-10-4-9-18-14-5-2-1-3-6-14/h1-3,5-8,11-12,18H,4,9-10H2,(H,19,20)(H,22,23,24). The minimum Gasteiger partial charge on any atom is -0.385 e. The van der Waals surface area contributed by atoms with Crippen LogP contribution in [0.2, 0.25) is 0 Å². The summed E-state index contributed by atoms with van der Waals surface area (Å²) in [5.41, 5.74) is 3.16. The number of para-hydroxylation sites is 1. The van der Waals surface area contributed by atoms with Crippen molar-refractivity contribution in [1.82, 2.24) is 15.2 Å². The van der Waals surface area contributed by atoms with Crippen LogP contribution >= 0.6 is 11.3 Å². The van der Waals surface area contributed by atoms with Gasteiger partial charge in [0, 0.05) is 25.0 Å². The maximum absolute atomic E-state index is 12.0. The molecule has 0 fully saturated rings. The van der Waals surface area contributed by atoms with E-state index in [4.69, 9.17) is 0 Å². The van der Waals surface area contributed by atoms with E-state index in [0.717, 1.165) is 31.0 Å². The fourth-order valence-electron chi connectivity index (χ4n) is 2.12. The van der Waals surface area contributed by atoms with E-state index in [1.165, 1.54) is 11.3 Å². The van der Waals surface area contributed by atoms with E-state index in [1.54, 1.807) is 23.8 Å². The second-order valence-corrected chi connectivity index (χ2v) is 6.04. The Hall–Kier alpha value is -3.00. The maximum atomic E-state index is 12.0. The van der Waals surface area contributed by atoms with Crippen molar-refractivity contribution in [1.29, 1.82) is 0 Å². The van der Waals surface area contributed by atoms with Crippen LogP contribution in [0.25, 0.3) is 0 Å². The van der Waals surface area contributed by atoms with Crippen LogP contribution < -0.4 is 16.0 Å². The zero-order chi connectivity index (χ0) is 17.3. The lowest BCUT2D eigenvalue weighted by Crippen LogP contribution is -2.13. The highest BCUT2D eigenvalue weighted by molar-refractivity contribution is 7.13. The largest absolute Gasteiger partial charge is 0.385 e. The lowest BCUT2D eigenvalue weighted by Gasteiger charge is -2.08. The molecule has 0 atom stereocenters. The van der Waals surface area contributed by atoms with Gasteiger partial charge in [-0.3, -0.25) is 10.1 Å². The first kappa shape index (κ1) is 16.8. The molecule has 0 saturated heterocycles. The van der Waals surface area contributed by atoms with E-state index in [1.807, 2.05) is 30.3 Å². The zero-order valence-corrected chi connectivity index (χ0v) is 14.3. The van der Waals surface area contributed by atoms with Gasteiger partial charge in [-0.25, -0.2) is 4.98 Å². The number of pyridine rings is 1. The molecule has 0 bridgehead atoms. The summed E-state index contributed by atoms with van der Waals surface area (Å²) in [5, 5.41) is 17.2. The minimum atomic E-state index is -0.247. The van der Waals surface area contributed by atoms with Gasteiger partial charge in [-0.1, -0.05) is 29.5 Å². The van der Waals surface area contributed by atoms with Gasteiger partial charge < -0.3 is 10.6 Å². The highest BCUT2D eigenvalue weighted by Crippen LogP contribution is 2.11. The summed E-state index contributed by atoms with van der Waals surface area (Å²) in [6.45, 7) is 1.67. The molecule has 0 aliphatic heterocycles. The monoisotopic (exact) mass is 354 g/mol. The molecular formula is C17H18N6OS. The third-order valence-corrected chi connectivity index (χ3v) is 3.98. The third-order valence-electron chi connectivity index (χ3n) is 3.37. The maximum Gasteiger partial charge on any atom is 0.259 e. The Morgan fingerprint density at radius 2 is 1.88 bits per heavy atom. The quantitative estimate of drug-likeness (QED) is 0.538. The van der Waals surface area contributed by atoms with Gasteiger partial charge in [0.15, 0.2) is 0 Å². The molecule has 3 aromatic rings. The van der Waals surface area contributed by atoms with Gasteiger partial charge >= 0.3 is 0 Å². The number of anilines is 3. The molecule has 2 aromatic heterocycles. The van der Waals surface area contributed by atoms with Crippen LogP contribution in [0, 0.1) is 0 Å². The molecule has 3 N–H and O–H groups in total. The molecule has 2 heterocycles. The SMILES string of the molecule is O=C(Nc1nncs1)c1ccc(NCCCNc2ccccc2)nc1. The molecule has 0 aliphatic carbocycles. The first-order valence-corrected chi connectivity index (χ1v) is 8.75. The first-order chi connectivity index (χ1) is 12.3. The van der Waals surface area contributed by atoms with Crippen molar-refractivity contribution in [3.63, 3.8) is 0 Å². The number of nitrogens with zero attached hydrogens (tertiary/aromatic N) is 3. The average molecular weight is 354 g/mol. The number of carbonyl (C=O) groups excluding carboxylic acids is 1. The summed E-state index contributed by atoms with van der Waals surface area (Å²) in [7, 11) is 0. The fraction of sp³-hybridized carbons (Fsp3) is 0.176. The van der Waals surface area contributed by atoms with Gasteiger partial charge in [0.2, 0.25) is 5.13 Å². The summed E-state index contributed by atoms with van der Waals surface area (Å²) < 4.78 is 0. The van der Waals surface area contributed by atoms with Crippen LogP contribution in [0.1, 0.15) is 16.8 Å².